The molecule has 3 aromatic heterocycles. The molecule has 0 unspecified atom stereocenters. The summed E-state index contributed by atoms with van der Waals surface area (Å²) in [5.41, 5.74) is 3.00. The van der Waals surface area contributed by atoms with Crippen LogP contribution in [-0.4, -0.2) is 26.7 Å². The molecule has 1 aliphatic rings. The van der Waals surface area contributed by atoms with Crippen LogP contribution >= 0.6 is 11.3 Å². The highest BCUT2D eigenvalue weighted by molar-refractivity contribution is 7.16. The van der Waals surface area contributed by atoms with E-state index in [1.165, 1.54) is 22.2 Å². The molecule has 4 aromatic rings. The Hall–Kier alpha value is -3.39. The van der Waals surface area contributed by atoms with Crippen molar-refractivity contribution in [3.8, 4) is 17.2 Å². The molecule has 146 valence electrons. The van der Waals surface area contributed by atoms with Crippen LogP contribution in [0.5, 0.6) is 11.5 Å². The smallest absolute Gasteiger partial charge is 0.262 e. The average Bonchev–Trinajstić information content (AvgIpc) is 3.42. The van der Waals surface area contributed by atoms with Gasteiger partial charge in [-0.15, -0.1) is 11.3 Å². The van der Waals surface area contributed by atoms with E-state index in [2.05, 4.69) is 4.98 Å². The average molecular weight is 407 g/mol. The Morgan fingerprint density at radius 2 is 2.00 bits per heavy atom. The molecule has 5 rings (SSSR count). The van der Waals surface area contributed by atoms with Crippen LogP contribution in [0.1, 0.15) is 21.7 Å². The largest absolute Gasteiger partial charge is 0.454 e. The molecule has 0 N–H and O–H groups in total. The highest BCUT2D eigenvalue weighted by Gasteiger charge is 2.20. The molecule has 1 aromatic carbocycles. The second kappa shape index (κ2) is 6.59. The number of carbonyl (C=O) groups excluding carboxylic acids is 1. The number of rotatable bonds is 4. The molecule has 8 heteroatoms. The summed E-state index contributed by atoms with van der Waals surface area (Å²) in [4.78, 5) is 30.5. The van der Waals surface area contributed by atoms with E-state index in [0.29, 0.717) is 27.3 Å². The number of hydrogen-bond donors (Lipinski definition) is 0. The first-order valence-electron chi connectivity index (χ1n) is 9.08. The lowest BCUT2D eigenvalue weighted by molar-refractivity contribution is 0.0970. The normalized spacial score (nSPS) is 12.6. The van der Waals surface area contributed by atoms with Crippen molar-refractivity contribution in [2.75, 3.05) is 6.79 Å². The number of thiophene rings is 1. The quantitative estimate of drug-likeness (QED) is 0.484. The van der Waals surface area contributed by atoms with Gasteiger partial charge in [0.15, 0.2) is 17.3 Å². The predicted octanol–water partition coefficient (Wildman–Crippen LogP) is 3.48. The fraction of sp³-hybridized carbons (Fsp3) is 0.190. The van der Waals surface area contributed by atoms with Gasteiger partial charge in [0.25, 0.3) is 5.56 Å². The zero-order chi connectivity index (χ0) is 20.1. The summed E-state index contributed by atoms with van der Waals surface area (Å²) in [6.45, 7) is 4.00. The predicted molar refractivity (Wildman–Crippen MR) is 110 cm³/mol. The van der Waals surface area contributed by atoms with Crippen molar-refractivity contribution < 1.29 is 14.3 Å². The van der Waals surface area contributed by atoms with Crippen molar-refractivity contribution in [2.45, 2.75) is 20.4 Å². The highest BCUT2D eigenvalue weighted by Crippen LogP contribution is 2.35. The Labute approximate surface area is 169 Å². The van der Waals surface area contributed by atoms with Gasteiger partial charge in [-0.3, -0.25) is 14.2 Å². The Kier molecular flexibility index (Phi) is 4.02. The summed E-state index contributed by atoms with van der Waals surface area (Å²) in [7, 11) is 0. The molecule has 0 spiro atoms. The summed E-state index contributed by atoms with van der Waals surface area (Å²) in [6, 6.07) is 9.28. The van der Waals surface area contributed by atoms with Crippen molar-refractivity contribution in [1.82, 2.24) is 14.1 Å². The van der Waals surface area contributed by atoms with E-state index >= 15 is 0 Å². The number of ether oxygens (including phenoxy) is 2. The Morgan fingerprint density at radius 3 is 2.86 bits per heavy atom. The molecule has 0 saturated heterocycles. The molecule has 0 atom stereocenters. The Morgan fingerprint density at radius 1 is 1.17 bits per heavy atom. The van der Waals surface area contributed by atoms with Crippen LogP contribution in [0, 0.1) is 13.8 Å². The van der Waals surface area contributed by atoms with E-state index in [9.17, 15) is 9.59 Å². The third-order valence-corrected chi connectivity index (χ3v) is 5.93. The minimum atomic E-state index is -0.200. The molecule has 0 saturated carbocycles. The maximum atomic E-state index is 13.0. The summed E-state index contributed by atoms with van der Waals surface area (Å²) in [5, 5.41) is 2.36. The van der Waals surface area contributed by atoms with Crippen LogP contribution in [0.4, 0.5) is 0 Å². The maximum Gasteiger partial charge on any atom is 0.262 e. The van der Waals surface area contributed by atoms with Gasteiger partial charge in [0, 0.05) is 28.7 Å². The molecule has 0 amide bonds. The first-order valence-corrected chi connectivity index (χ1v) is 9.95. The molecule has 0 bridgehead atoms. The molecule has 1 aliphatic heterocycles. The van der Waals surface area contributed by atoms with E-state index in [-0.39, 0.29) is 24.7 Å². The highest BCUT2D eigenvalue weighted by atomic mass is 32.1. The van der Waals surface area contributed by atoms with Gasteiger partial charge in [-0.25, -0.2) is 4.98 Å². The lowest BCUT2D eigenvalue weighted by Gasteiger charge is -2.11. The monoisotopic (exact) mass is 407 g/mol. The molecule has 29 heavy (non-hydrogen) atoms. The van der Waals surface area contributed by atoms with Gasteiger partial charge in [-0.05, 0) is 43.5 Å². The van der Waals surface area contributed by atoms with Crippen molar-refractivity contribution in [3.63, 3.8) is 0 Å². The van der Waals surface area contributed by atoms with Crippen LogP contribution in [0.15, 0.2) is 46.8 Å². The third kappa shape index (κ3) is 2.84. The lowest BCUT2D eigenvalue weighted by Crippen LogP contribution is -2.24. The number of aryl methyl sites for hydroxylation is 1. The molecule has 0 aliphatic carbocycles. The lowest BCUT2D eigenvalue weighted by atomic mass is 10.1. The van der Waals surface area contributed by atoms with Crippen LogP contribution < -0.4 is 15.0 Å². The van der Waals surface area contributed by atoms with Gasteiger partial charge in [0.05, 0.1) is 18.3 Å². The third-order valence-electron chi connectivity index (χ3n) is 5.11. The fourth-order valence-corrected chi connectivity index (χ4v) is 4.44. The number of aromatic nitrogens is 3. The first kappa shape index (κ1) is 17.7. The van der Waals surface area contributed by atoms with Gasteiger partial charge in [-0.2, -0.15) is 0 Å². The van der Waals surface area contributed by atoms with Gasteiger partial charge in [-0.1, -0.05) is 0 Å². The van der Waals surface area contributed by atoms with Crippen molar-refractivity contribution in [3.05, 3.63) is 69.3 Å². The van der Waals surface area contributed by atoms with E-state index in [1.807, 2.05) is 48.1 Å². The standard InChI is InChI=1S/C21H17N3O4S/c1-12-7-16(13(2)24(12)14-3-4-18-19(8-14)28-11-27-18)17(25)9-23-10-22-20-15(21(23)26)5-6-29-20/h3-8,10H,9,11H2,1-2H3. The second-order valence-electron chi connectivity index (χ2n) is 6.90. The SMILES string of the molecule is Cc1cc(C(=O)Cn2cnc3sccc3c2=O)c(C)n1-c1ccc2c(c1)OCO2. The number of benzene rings is 1. The van der Waals surface area contributed by atoms with Gasteiger partial charge >= 0.3 is 0 Å². The van der Waals surface area contributed by atoms with E-state index in [4.69, 9.17) is 9.47 Å². The van der Waals surface area contributed by atoms with Crippen LogP contribution in [0.2, 0.25) is 0 Å². The van der Waals surface area contributed by atoms with Gasteiger partial charge in [0.1, 0.15) is 4.83 Å². The molecule has 4 heterocycles. The summed E-state index contributed by atoms with van der Waals surface area (Å²) >= 11 is 1.41. The topological polar surface area (TPSA) is 75.4 Å². The van der Waals surface area contributed by atoms with Crippen molar-refractivity contribution >= 4 is 27.3 Å². The second-order valence-corrected chi connectivity index (χ2v) is 7.79. The van der Waals surface area contributed by atoms with Crippen molar-refractivity contribution in [2.24, 2.45) is 0 Å². The van der Waals surface area contributed by atoms with Crippen LogP contribution in [0.25, 0.3) is 15.9 Å². The van der Waals surface area contributed by atoms with E-state index < -0.39 is 0 Å². The van der Waals surface area contributed by atoms with Crippen LogP contribution in [0.3, 0.4) is 0 Å². The molecule has 0 radical (unpaired) electrons. The number of fused-ring (bicyclic) bond motifs is 2. The zero-order valence-corrected chi connectivity index (χ0v) is 16.7. The molecular weight excluding hydrogens is 390 g/mol. The van der Waals surface area contributed by atoms with Crippen molar-refractivity contribution in [1.29, 1.82) is 0 Å². The van der Waals surface area contributed by atoms with E-state index in [0.717, 1.165) is 17.1 Å². The van der Waals surface area contributed by atoms with Gasteiger partial charge < -0.3 is 14.0 Å². The molecule has 7 nitrogen and oxygen atoms in total. The summed E-state index contributed by atoms with van der Waals surface area (Å²) < 4.78 is 14.2. The maximum absolute atomic E-state index is 13.0. The van der Waals surface area contributed by atoms with E-state index in [1.54, 1.807) is 6.07 Å². The number of carbonyl (C=O) groups is 1. The van der Waals surface area contributed by atoms with Gasteiger partial charge in [0.2, 0.25) is 6.79 Å². The van der Waals surface area contributed by atoms with Crippen LogP contribution in [-0.2, 0) is 6.54 Å². The zero-order valence-electron chi connectivity index (χ0n) is 15.8. The molecular formula is C21H17N3O4S. The first-order chi connectivity index (χ1) is 14.0. The number of ketones is 1. The minimum Gasteiger partial charge on any atom is -0.454 e. The number of hydrogen-bond acceptors (Lipinski definition) is 6. The number of nitrogens with zero attached hydrogens (tertiary/aromatic N) is 3. The summed E-state index contributed by atoms with van der Waals surface area (Å²) in [5.74, 6) is 1.26. The summed E-state index contributed by atoms with van der Waals surface area (Å²) in [6.07, 6.45) is 1.44. The Balaban J connectivity index is 1.50. The Bertz CT molecular complexity index is 1330. The number of Topliss-reactive ketones (excluding diaryl/α,β-unsaturated/α-hetero) is 1. The fourth-order valence-electron chi connectivity index (χ4n) is 3.71. The minimum absolute atomic E-state index is 0.0525. The molecule has 0 fully saturated rings.